The molecule has 0 heterocycles. The fourth-order valence-electron chi connectivity index (χ4n) is 0.707. The highest BCUT2D eigenvalue weighted by Gasteiger charge is 2.18. The van der Waals surface area contributed by atoms with Gasteiger partial charge in [0.25, 0.3) is 0 Å². The largest absolute Gasteiger partial charge is 0.480 e. The minimum atomic E-state index is -1.12. The lowest BCUT2D eigenvalue weighted by Crippen LogP contribution is -2.40. The number of carboxylic acids is 1. The fraction of sp³-hybridized carbons (Fsp3) is 0.333. The van der Waals surface area contributed by atoms with Gasteiger partial charge in [-0.25, -0.2) is 9.59 Å². The van der Waals surface area contributed by atoms with E-state index in [0.717, 1.165) is 0 Å². The van der Waals surface area contributed by atoms with E-state index in [9.17, 15) is 9.59 Å². The van der Waals surface area contributed by atoms with Crippen LogP contribution in [0.25, 0.3) is 0 Å². The number of hydrogen-bond donors (Lipinski definition) is 2. The zero-order valence-electron chi connectivity index (χ0n) is 7.73. The third-order valence-corrected chi connectivity index (χ3v) is 1.32. The van der Waals surface area contributed by atoms with Gasteiger partial charge in [0, 0.05) is 0 Å². The molecule has 0 aromatic heterocycles. The number of carbonyl (C=O) groups excluding carboxylic acids is 1. The molecule has 1 atom stereocenters. The second-order valence-electron chi connectivity index (χ2n) is 2.45. The Morgan fingerprint density at radius 1 is 1.43 bits per heavy atom. The van der Waals surface area contributed by atoms with Crippen LogP contribution in [0.4, 0.5) is 4.79 Å². The van der Waals surface area contributed by atoms with E-state index in [1.54, 1.807) is 0 Å². The first-order valence-corrected chi connectivity index (χ1v) is 3.99. The molecule has 0 fully saturated rings. The molecule has 5 nitrogen and oxygen atoms in total. The number of carboxylic acid groups (broad SMARTS) is 1. The summed E-state index contributed by atoms with van der Waals surface area (Å²) in [6.07, 6.45) is 2.17. The molecule has 2 N–H and O–H groups in total. The van der Waals surface area contributed by atoms with Crippen molar-refractivity contribution in [3.8, 4) is 0 Å². The maximum absolute atomic E-state index is 10.9. The summed E-state index contributed by atoms with van der Waals surface area (Å²) in [6, 6.07) is -0.996. The summed E-state index contributed by atoms with van der Waals surface area (Å²) in [4.78, 5) is 21.5. The van der Waals surface area contributed by atoms with Crippen LogP contribution in [0.3, 0.4) is 0 Å². The highest BCUT2D eigenvalue weighted by molar-refractivity contribution is 5.80. The Hall–Kier alpha value is -1.78. The second kappa shape index (κ2) is 6.71. The predicted octanol–water partition coefficient (Wildman–Crippen LogP) is 0.928. The highest BCUT2D eigenvalue weighted by Crippen LogP contribution is 1.94. The van der Waals surface area contributed by atoms with Crippen molar-refractivity contribution in [2.45, 2.75) is 12.5 Å². The van der Waals surface area contributed by atoms with Gasteiger partial charge >= 0.3 is 12.1 Å². The van der Waals surface area contributed by atoms with E-state index in [1.165, 1.54) is 12.2 Å². The fourth-order valence-corrected chi connectivity index (χ4v) is 0.707. The lowest BCUT2D eigenvalue weighted by Gasteiger charge is -2.11. The zero-order chi connectivity index (χ0) is 11.0. The molecule has 0 aliphatic heterocycles. The molecule has 0 saturated carbocycles. The molecule has 0 aliphatic rings. The van der Waals surface area contributed by atoms with Gasteiger partial charge in [-0.1, -0.05) is 18.7 Å². The normalized spacial score (nSPS) is 11.1. The average Bonchev–Trinajstić information content (AvgIpc) is 2.14. The maximum atomic E-state index is 10.9. The van der Waals surface area contributed by atoms with Gasteiger partial charge in [0.1, 0.15) is 12.6 Å². The lowest BCUT2D eigenvalue weighted by molar-refractivity contribution is -0.139. The van der Waals surface area contributed by atoms with Crippen molar-refractivity contribution < 1.29 is 19.4 Å². The minimum absolute atomic E-state index is 0.0479. The molecule has 0 saturated heterocycles. The summed E-state index contributed by atoms with van der Waals surface area (Å²) >= 11 is 0. The van der Waals surface area contributed by atoms with Gasteiger partial charge in [0.2, 0.25) is 0 Å². The monoisotopic (exact) mass is 199 g/mol. The van der Waals surface area contributed by atoms with Crippen LogP contribution in [0.2, 0.25) is 0 Å². The third kappa shape index (κ3) is 4.97. The predicted molar refractivity (Wildman–Crippen MR) is 50.9 cm³/mol. The van der Waals surface area contributed by atoms with E-state index in [1.807, 2.05) is 0 Å². The molecular weight excluding hydrogens is 186 g/mol. The molecular formula is C9H13NO4. The van der Waals surface area contributed by atoms with Gasteiger partial charge in [-0.2, -0.15) is 0 Å². The maximum Gasteiger partial charge on any atom is 0.408 e. The van der Waals surface area contributed by atoms with Gasteiger partial charge in [-0.15, -0.1) is 6.58 Å². The first-order valence-electron chi connectivity index (χ1n) is 3.99. The van der Waals surface area contributed by atoms with Crippen molar-refractivity contribution in [1.82, 2.24) is 5.32 Å². The van der Waals surface area contributed by atoms with Crippen LogP contribution in [-0.4, -0.2) is 29.8 Å². The summed E-state index contributed by atoms with van der Waals surface area (Å²) in [5.41, 5.74) is 0. The topological polar surface area (TPSA) is 75.6 Å². The molecule has 0 unspecified atom stereocenters. The second-order valence-corrected chi connectivity index (χ2v) is 2.45. The van der Waals surface area contributed by atoms with Crippen LogP contribution in [0.15, 0.2) is 25.3 Å². The first kappa shape index (κ1) is 12.2. The van der Waals surface area contributed by atoms with Gasteiger partial charge in [0.15, 0.2) is 0 Å². The Kier molecular flexibility index (Phi) is 5.85. The third-order valence-electron chi connectivity index (χ3n) is 1.32. The zero-order valence-corrected chi connectivity index (χ0v) is 7.73. The standard InChI is InChI=1S/C9H13NO4/c1-3-5-7(8(11)12)10-9(13)14-6-4-2/h3-4,7H,1-2,5-6H2,(H,10,13)(H,11,12)/t7-/m1/s1. The molecule has 0 aromatic carbocycles. The molecule has 1 amide bonds. The molecule has 0 bridgehead atoms. The summed E-state index contributed by atoms with van der Waals surface area (Å²) in [6.45, 7) is 6.77. The molecule has 14 heavy (non-hydrogen) atoms. The Bertz CT molecular complexity index is 237. The number of alkyl carbamates (subject to hydrolysis) is 1. The van der Waals surface area contributed by atoms with E-state index >= 15 is 0 Å². The molecule has 0 spiro atoms. The van der Waals surface area contributed by atoms with E-state index < -0.39 is 18.1 Å². The van der Waals surface area contributed by atoms with Crippen LogP contribution in [0.5, 0.6) is 0 Å². The molecule has 0 rings (SSSR count). The van der Waals surface area contributed by atoms with Crippen molar-refractivity contribution in [2.75, 3.05) is 6.61 Å². The minimum Gasteiger partial charge on any atom is -0.480 e. The summed E-state index contributed by atoms with van der Waals surface area (Å²) in [5, 5.41) is 10.8. The van der Waals surface area contributed by atoms with Crippen LogP contribution < -0.4 is 5.32 Å². The number of rotatable bonds is 6. The van der Waals surface area contributed by atoms with Crippen LogP contribution in [0, 0.1) is 0 Å². The molecule has 0 aliphatic carbocycles. The van der Waals surface area contributed by atoms with E-state index in [2.05, 4.69) is 23.2 Å². The molecule has 5 heteroatoms. The quantitative estimate of drug-likeness (QED) is 0.624. The summed E-state index contributed by atoms with van der Waals surface area (Å²) in [7, 11) is 0. The van der Waals surface area contributed by atoms with E-state index in [0.29, 0.717) is 0 Å². The van der Waals surface area contributed by atoms with Crippen molar-refractivity contribution in [3.05, 3.63) is 25.3 Å². The Morgan fingerprint density at radius 3 is 2.50 bits per heavy atom. The Balaban J connectivity index is 4.01. The van der Waals surface area contributed by atoms with Crippen LogP contribution in [0.1, 0.15) is 6.42 Å². The molecule has 78 valence electrons. The number of nitrogens with one attached hydrogen (secondary N) is 1. The molecule has 0 radical (unpaired) electrons. The Morgan fingerprint density at radius 2 is 2.07 bits per heavy atom. The average molecular weight is 199 g/mol. The van der Waals surface area contributed by atoms with Gasteiger partial charge < -0.3 is 15.2 Å². The van der Waals surface area contributed by atoms with Crippen LogP contribution in [-0.2, 0) is 9.53 Å². The Labute approximate surface area is 82.1 Å². The van der Waals surface area contributed by atoms with Gasteiger partial charge in [-0.3, -0.25) is 0 Å². The number of carbonyl (C=O) groups is 2. The summed E-state index contributed by atoms with van der Waals surface area (Å²) < 4.78 is 4.55. The molecule has 0 aromatic rings. The van der Waals surface area contributed by atoms with Crippen molar-refractivity contribution in [1.29, 1.82) is 0 Å². The van der Waals surface area contributed by atoms with Crippen molar-refractivity contribution in [2.24, 2.45) is 0 Å². The lowest BCUT2D eigenvalue weighted by atomic mass is 10.2. The number of aliphatic carboxylic acids is 1. The summed E-state index contributed by atoms with van der Waals surface area (Å²) in [5.74, 6) is -1.12. The van der Waals surface area contributed by atoms with E-state index in [4.69, 9.17) is 5.11 Å². The van der Waals surface area contributed by atoms with E-state index in [-0.39, 0.29) is 13.0 Å². The van der Waals surface area contributed by atoms with Gasteiger partial charge in [0.05, 0.1) is 0 Å². The smallest absolute Gasteiger partial charge is 0.408 e. The number of amides is 1. The van der Waals surface area contributed by atoms with Crippen LogP contribution >= 0.6 is 0 Å². The number of hydrogen-bond acceptors (Lipinski definition) is 3. The highest BCUT2D eigenvalue weighted by atomic mass is 16.5. The first-order chi connectivity index (χ1) is 6.61. The SMILES string of the molecule is C=CCOC(=O)N[C@H](CC=C)C(=O)O. The van der Waals surface area contributed by atoms with Gasteiger partial charge in [-0.05, 0) is 6.42 Å². The van der Waals surface area contributed by atoms with Crippen molar-refractivity contribution >= 4 is 12.1 Å². The number of ether oxygens (including phenoxy) is 1. The van der Waals surface area contributed by atoms with Crippen molar-refractivity contribution in [3.63, 3.8) is 0 Å².